The topological polar surface area (TPSA) is 55.8 Å². The molecule has 0 bridgehead atoms. The van der Waals surface area contributed by atoms with Crippen LogP contribution in [0.1, 0.15) is 15.9 Å². The van der Waals surface area contributed by atoms with Gasteiger partial charge in [-0.3, -0.25) is 0 Å². The van der Waals surface area contributed by atoms with E-state index in [0.29, 0.717) is 17.1 Å². The smallest absolute Gasteiger partial charge is 0.335 e. The highest BCUT2D eigenvalue weighted by atomic mass is 35.5. The second-order valence-electron chi connectivity index (χ2n) is 3.00. The van der Waals surface area contributed by atoms with Crippen molar-refractivity contribution in [2.75, 3.05) is 20.1 Å². The Morgan fingerprint density at radius 3 is 2.24 bits per heavy atom. The molecule has 0 spiro atoms. The van der Waals surface area contributed by atoms with E-state index in [-0.39, 0.29) is 11.4 Å². The molecule has 90 valence electrons. The normalized spacial score (nSPS) is 9.12. The van der Waals surface area contributed by atoms with Crippen LogP contribution >= 0.6 is 11.6 Å². The first-order valence-electron chi connectivity index (χ1n) is 4.68. The number of rotatable bonds is 3. The second kappa shape index (κ2) is 6.02. The number of benzene rings is 1. The summed E-state index contributed by atoms with van der Waals surface area (Å²) in [5.41, 5.74) is 0.566. The predicted octanol–water partition coefficient (Wildman–Crippen LogP) is 1.99. The highest BCUT2D eigenvalue weighted by molar-refractivity contribution is 6.19. The van der Waals surface area contributed by atoms with Crippen LogP contribution in [0, 0.1) is 11.8 Å². The van der Waals surface area contributed by atoms with Crippen LogP contribution in [0.25, 0.3) is 0 Å². The van der Waals surface area contributed by atoms with Crippen LogP contribution in [-0.2, 0) is 0 Å². The lowest BCUT2D eigenvalue weighted by Gasteiger charge is -2.09. The fraction of sp³-hybridized carbons (Fsp3) is 0.250. The van der Waals surface area contributed by atoms with E-state index in [2.05, 4.69) is 11.8 Å². The number of carboxylic acid groups (broad SMARTS) is 1. The highest BCUT2D eigenvalue weighted by Gasteiger charge is 2.14. The van der Waals surface area contributed by atoms with Crippen molar-refractivity contribution in [3.63, 3.8) is 0 Å². The maximum Gasteiger partial charge on any atom is 0.335 e. The molecular formula is C12H11ClO4. The number of ether oxygens (including phenoxy) is 2. The van der Waals surface area contributed by atoms with Crippen LogP contribution in [-0.4, -0.2) is 31.2 Å². The van der Waals surface area contributed by atoms with Crippen molar-refractivity contribution >= 4 is 17.6 Å². The van der Waals surface area contributed by atoms with Crippen LogP contribution in [0.4, 0.5) is 0 Å². The fourth-order valence-corrected chi connectivity index (χ4v) is 1.35. The van der Waals surface area contributed by atoms with E-state index in [1.807, 2.05) is 0 Å². The second-order valence-corrected chi connectivity index (χ2v) is 3.26. The predicted molar refractivity (Wildman–Crippen MR) is 64.1 cm³/mol. The van der Waals surface area contributed by atoms with Gasteiger partial charge in [0.05, 0.1) is 25.7 Å². The minimum atomic E-state index is -1.06. The zero-order valence-corrected chi connectivity index (χ0v) is 10.2. The third-order valence-corrected chi connectivity index (χ3v) is 2.17. The van der Waals surface area contributed by atoms with Crippen molar-refractivity contribution in [2.24, 2.45) is 0 Å². The van der Waals surface area contributed by atoms with Gasteiger partial charge in [-0.25, -0.2) is 4.79 Å². The number of hydrogen-bond donors (Lipinski definition) is 1. The molecule has 0 saturated carbocycles. The number of methoxy groups -OCH3 is 2. The van der Waals surface area contributed by atoms with Crippen molar-refractivity contribution in [1.29, 1.82) is 0 Å². The summed E-state index contributed by atoms with van der Waals surface area (Å²) in [6.45, 7) is 0. The van der Waals surface area contributed by atoms with Crippen molar-refractivity contribution < 1.29 is 19.4 Å². The largest absolute Gasteiger partial charge is 0.495 e. The molecule has 4 nitrogen and oxygen atoms in total. The van der Waals surface area contributed by atoms with Gasteiger partial charge in [0.15, 0.2) is 0 Å². The van der Waals surface area contributed by atoms with Gasteiger partial charge in [0, 0.05) is 0 Å². The van der Waals surface area contributed by atoms with E-state index < -0.39 is 5.97 Å². The minimum Gasteiger partial charge on any atom is -0.495 e. The molecule has 0 aliphatic carbocycles. The lowest BCUT2D eigenvalue weighted by Crippen LogP contribution is -2.01. The molecule has 0 heterocycles. The molecule has 5 heteroatoms. The van der Waals surface area contributed by atoms with Crippen LogP contribution in [0.15, 0.2) is 12.1 Å². The molecule has 0 aromatic heterocycles. The molecule has 0 atom stereocenters. The third-order valence-electron chi connectivity index (χ3n) is 2.03. The summed E-state index contributed by atoms with van der Waals surface area (Å²) in [6, 6.07) is 2.78. The van der Waals surface area contributed by atoms with Gasteiger partial charge in [0.1, 0.15) is 17.1 Å². The zero-order chi connectivity index (χ0) is 12.8. The minimum absolute atomic E-state index is 0.0788. The Balaban J connectivity index is 3.41. The average molecular weight is 255 g/mol. The zero-order valence-electron chi connectivity index (χ0n) is 9.41. The Kier molecular flexibility index (Phi) is 4.68. The lowest BCUT2D eigenvalue weighted by molar-refractivity contribution is 0.0696. The Morgan fingerprint density at radius 1 is 1.35 bits per heavy atom. The molecule has 1 N–H and O–H groups in total. The van der Waals surface area contributed by atoms with Crippen LogP contribution < -0.4 is 9.47 Å². The van der Waals surface area contributed by atoms with Gasteiger partial charge in [-0.2, -0.15) is 0 Å². The molecule has 0 aliphatic heterocycles. The number of hydrogen-bond acceptors (Lipinski definition) is 3. The maximum atomic E-state index is 10.9. The van der Waals surface area contributed by atoms with Gasteiger partial charge in [0.25, 0.3) is 0 Å². The standard InChI is InChI=1S/C12H11ClO4/c1-16-10-6-8(12(14)15)7-11(17-2)9(10)4-3-5-13/h6-7H,5H2,1-2H3,(H,14,15). The van der Waals surface area contributed by atoms with E-state index in [9.17, 15) is 4.79 Å². The SMILES string of the molecule is COc1cc(C(=O)O)cc(OC)c1C#CCCl. The monoisotopic (exact) mass is 254 g/mol. The number of halogens is 1. The van der Waals surface area contributed by atoms with Gasteiger partial charge in [-0.05, 0) is 12.1 Å². The van der Waals surface area contributed by atoms with Gasteiger partial charge in [-0.1, -0.05) is 11.8 Å². The summed E-state index contributed by atoms with van der Waals surface area (Å²) in [6.07, 6.45) is 0. The van der Waals surface area contributed by atoms with E-state index in [0.717, 1.165) is 0 Å². The first-order valence-corrected chi connectivity index (χ1v) is 5.21. The number of aromatic carboxylic acids is 1. The fourth-order valence-electron chi connectivity index (χ4n) is 1.28. The van der Waals surface area contributed by atoms with Crippen molar-refractivity contribution in [1.82, 2.24) is 0 Å². The Hall–Kier alpha value is -1.86. The molecule has 0 unspecified atom stereocenters. The Bertz CT molecular complexity index is 460. The van der Waals surface area contributed by atoms with Gasteiger partial charge in [0.2, 0.25) is 0 Å². The first kappa shape index (κ1) is 13.2. The number of alkyl halides is 1. The summed E-state index contributed by atoms with van der Waals surface area (Å²) in [5, 5.41) is 8.92. The Labute approximate surface area is 104 Å². The summed E-state index contributed by atoms with van der Waals surface area (Å²) in [5.74, 6) is 5.26. The van der Waals surface area contributed by atoms with E-state index in [1.54, 1.807) is 0 Å². The van der Waals surface area contributed by atoms with Crippen LogP contribution in [0.2, 0.25) is 0 Å². The molecule has 1 aromatic rings. The third kappa shape index (κ3) is 3.05. The Morgan fingerprint density at radius 2 is 1.88 bits per heavy atom. The molecule has 0 aliphatic rings. The summed E-state index contributed by atoms with van der Waals surface area (Å²) in [4.78, 5) is 10.9. The quantitative estimate of drug-likeness (QED) is 0.662. The first-order chi connectivity index (χ1) is 8.13. The average Bonchev–Trinajstić information content (AvgIpc) is 2.34. The molecule has 0 saturated heterocycles. The number of carbonyl (C=O) groups is 1. The summed E-state index contributed by atoms with van der Waals surface area (Å²) < 4.78 is 10.2. The summed E-state index contributed by atoms with van der Waals surface area (Å²) in [7, 11) is 2.87. The molecule has 17 heavy (non-hydrogen) atoms. The maximum absolute atomic E-state index is 10.9. The highest BCUT2D eigenvalue weighted by Crippen LogP contribution is 2.29. The molecular weight excluding hydrogens is 244 g/mol. The lowest BCUT2D eigenvalue weighted by atomic mass is 10.1. The van der Waals surface area contributed by atoms with Gasteiger partial charge >= 0.3 is 5.97 Å². The van der Waals surface area contributed by atoms with Crippen LogP contribution in [0.3, 0.4) is 0 Å². The van der Waals surface area contributed by atoms with Crippen LogP contribution in [0.5, 0.6) is 11.5 Å². The van der Waals surface area contributed by atoms with E-state index in [1.165, 1.54) is 26.4 Å². The van der Waals surface area contributed by atoms with Crippen molar-refractivity contribution in [3.8, 4) is 23.3 Å². The van der Waals surface area contributed by atoms with Gasteiger partial charge in [-0.15, -0.1) is 11.6 Å². The van der Waals surface area contributed by atoms with Crippen molar-refractivity contribution in [3.05, 3.63) is 23.3 Å². The molecule has 0 fully saturated rings. The number of carboxylic acids is 1. The molecule has 1 aromatic carbocycles. The van der Waals surface area contributed by atoms with Gasteiger partial charge < -0.3 is 14.6 Å². The molecule has 0 amide bonds. The summed E-state index contributed by atoms with van der Waals surface area (Å²) >= 11 is 5.47. The van der Waals surface area contributed by atoms with Crippen molar-refractivity contribution in [2.45, 2.75) is 0 Å². The molecule has 1 rings (SSSR count). The van der Waals surface area contributed by atoms with E-state index in [4.69, 9.17) is 26.2 Å². The van der Waals surface area contributed by atoms with E-state index >= 15 is 0 Å². The molecule has 0 radical (unpaired) electrons.